The van der Waals surface area contributed by atoms with Crippen LogP contribution in [0.4, 0.5) is 11.4 Å². The summed E-state index contributed by atoms with van der Waals surface area (Å²) < 4.78 is 1.95. The number of nitrogens with zero attached hydrogens (tertiary/aromatic N) is 6. The van der Waals surface area contributed by atoms with Crippen LogP contribution in [0.3, 0.4) is 0 Å². The third-order valence-electron chi connectivity index (χ3n) is 6.14. The van der Waals surface area contributed by atoms with Gasteiger partial charge in [0.15, 0.2) is 16.8 Å². The van der Waals surface area contributed by atoms with Gasteiger partial charge in [-0.05, 0) is 31.2 Å². The third-order valence-corrected chi connectivity index (χ3v) is 7.07. The number of carbonyl (C=O) groups is 1. The molecule has 5 rings (SSSR count). The van der Waals surface area contributed by atoms with Crippen LogP contribution in [0.25, 0.3) is 17.1 Å². The molecule has 1 aliphatic heterocycles. The summed E-state index contributed by atoms with van der Waals surface area (Å²) in [6, 6.07) is 27.9. The van der Waals surface area contributed by atoms with Gasteiger partial charge < -0.3 is 9.80 Å². The van der Waals surface area contributed by atoms with E-state index in [1.54, 1.807) is 0 Å². The topological polar surface area (TPSA) is 78.0 Å². The SMILES string of the molecule is Cc1ccc(-n2c(SCC(=O)C(C#N)=C3N(C)c4ccccc4N3C)nnc2-c2ccccc2)cc1. The average Bonchev–Trinajstić information content (AvgIpc) is 3.44. The Kier molecular flexibility index (Phi) is 6.32. The lowest BCUT2D eigenvalue weighted by Gasteiger charge is -2.19. The number of anilines is 2. The van der Waals surface area contributed by atoms with Crippen molar-refractivity contribution < 1.29 is 4.79 Å². The Balaban J connectivity index is 1.47. The summed E-state index contributed by atoms with van der Waals surface area (Å²) in [5, 5.41) is 19.4. The molecule has 0 radical (unpaired) electrons. The fraction of sp³-hybridized carbons (Fsp3) is 0.143. The molecule has 0 amide bonds. The summed E-state index contributed by atoms with van der Waals surface area (Å²) >= 11 is 1.28. The summed E-state index contributed by atoms with van der Waals surface area (Å²) in [5.41, 5.74) is 5.01. The van der Waals surface area contributed by atoms with Crippen molar-refractivity contribution in [3.8, 4) is 23.1 Å². The predicted molar refractivity (Wildman–Crippen MR) is 143 cm³/mol. The molecule has 178 valence electrons. The minimum Gasteiger partial charge on any atom is -0.328 e. The van der Waals surface area contributed by atoms with Crippen LogP contribution in [0.15, 0.2) is 95.4 Å². The van der Waals surface area contributed by atoms with Crippen molar-refractivity contribution in [3.05, 3.63) is 95.8 Å². The molecule has 0 saturated heterocycles. The standard InChI is InChI=1S/C28H24N6OS/c1-19-13-15-21(16-14-19)34-26(20-9-5-4-6-10-20)30-31-28(34)36-18-25(35)22(17-29)27-32(2)23-11-7-8-12-24(23)33(27)3/h4-16H,18H2,1-3H3. The molecule has 0 aliphatic carbocycles. The van der Waals surface area contributed by atoms with Gasteiger partial charge in [-0.2, -0.15) is 5.26 Å². The molecule has 8 heteroatoms. The van der Waals surface area contributed by atoms with Gasteiger partial charge in [-0.25, -0.2) is 0 Å². The van der Waals surface area contributed by atoms with Crippen LogP contribution in [0.1, 0.15) is 5.56 Å². The zero-order valence-corrected chi connectivity index (χ0v) is 21.0. The van der Waals surface area contributed by atoms with Crippen LogP contribution in [0.5, 0.6) is 0 Å². The molecular weight excluding hydrogens is 468 g/mol. The van der Waals surface area contributed by atoms with Gasteiger partial charge in [0.1, 0.15) is 17.5 Å². The normalized spacial score (nSPS) is 12.4. The molecule has 0 bridgehead atoms. The third kappa shape index (κ3) is 4.14. The fourth-order valence-electron chi connectivity index (χ4n) is 4.32. The predicted octanol–water partition coefficient (Wildman–Crippen LogP) is 5.23. The molecule has 7 nitrogen and oxygen atoms in total. The molecule has 1 aliphatic rings. The molecule has 0 spiro atoms. The number of thioether (sulfide) groups is 1. The first-order valence-electron chi connectivity index (χ1n) is 11.4. The number of aryl methyl sites for hydroxylation is 1. The van der Waals surface area contributed by atoms with E-state index in [0.717, 1.165) is 28.2 Å². The molecule has 0 saturated carbocycles. The lowest BCUT2D eigenvalue weighted by Crippen LogP contribution is -2.26. The van der Waals surface area contributed by atoms with Gasteiger partial charge in [0.2, 0.25) is 0 Å². The highest BCUT2D eigenvalue weighted by atomic mass is 32.2. The summed E-state index contributed by atoms with van der Waals surface area (Å²) in [4.78, 5) is 17.1. The Hall–Kier alpha value is -4.35. The number of rotatable bonds is 6. The van der Waals surface area contributed by atoms with E-state index in [0.29, 0.717) is 16.8 Å². The number of nitriles is 1. The van der Waals surface area contributed by atoms with E-state index < -0.39 is 0 Å². The van der Waals surface area contributed by atoms with E-state index in [1.165, 1.54) is 11.8 Å². The molecule has 0 unspecified atom stereocenters. The van der Waals surface area contributed by atoms with Crippen molar-refractivity contribution in [1.82, 2.24) is 14.8 Å². The van der Waals surface area contributed by atoms with Crippen LogP contribution < -0.4 is 9.80 Å². The molecule has 3 aromatic carbocycles. The number of benzene rings is 3. The lowest BCUT2D eigenvalue weighted by atomic mass is 10.2. The maximum Gasteiger partial charge on any atom is 0.196 e. The van der Waals surface area contributed by atoms with Crippen molar-refractivity contribution >= 4 is 28.9 Å². The van der Waals surface area contributed by atoms with Crippen molar-refractivity contribution in [2.45, 2.75) is 12.1 Å². The zero-order chi connectivity index (χ0) is 25.2. The van der Waals surface area contributed by atoms with Crippen molar-refractivity contribution in [2.24, 2.45) is 0 Å². The van der Waals surface area contributed by atoms with Gasteiger partial charge in [0, 0.05) is 25.3 Å². The molecule has 0 N–H and O–H groups in total. The van der Waals surface area contributed by atoms with Gasteiger partial charge >= 0.3 is 0 Å². The van der Waals surface area contributed by atoms with Gasteiger partial charge in [-0.1, -0.05) is 71.9 Å². The Bertz CT molecular complexity index is 1470. The molecule has 2 heterocycles. The maximum absolute atomic E-state index is 13.3. The zero-order valence-electron chi connectivity index (χ0n) is 20.2. The van der Waals surface area contributed by atoms with Crippen LogP contribution in [0, 0.1) is 18.3 Å². The molecular formula is C28H24N6OS. The van der Waals surface area contributed by atoms with Crippen molar-refractivity contribution in [2.75, 3.05) is 29.6 Å². The van der Waals surface area contributed by atoms with Gasteiger partial charge in [-0.15, -0.1) is 10.2 Å². The first-order valence-corrected chi connectivity index (χ1v) is 12.4. The highest BCUT2D eigenvalue weighted by Gasteiger charge is 2.31. The Labute approximate surface area is 214 Å². The monoisotopic (exact) mass is 492 g/mol. The largest absolute Gasteiger partial charge is 0.328 e. The Morgan fingerprint density at radius 2 is 1.50 bits per heavy atom. The summed E-state index contributed by atoms with van der Waals surface area (Å²) in [6.07, 6.45) is 0. The molecule has 36 heavy (non-hydrogen) atoms. The molecule has 0 fully saturated rings. The van der Waals surface area contributed by atoms with Gasteiger partial charge in [-0.3, -0.25) is 9.36 Å². The quantitative estimate of drug-likeness (QED) is 0.207. The second-order valence-electron chi connectivity index (χ2n) is 8.47. The van der Waals surface area contributed by atoms with Crippen LogP contribution in [-0.2, 0) is 4.79 Å². The minimum absolute atomic E-state index is 0.0587. The first kappa shape index (κ1) is 23.4. The summed E-state index contributed by atoms with van der Waals surface area (Å²) in [5.74, 6) is 1.07. The molecule has 0 atom stereocenters. The smallest absolute Gasteiger partial charge is 0.196 e. The van der Waals surface area contributed by atoms with Gasteiger partial charge in [0.05, 0.1) is 17.1 Å². The van der Waals surface area contributed by atoms with Gasteiger partial charge in [0.25, 0.3) is 0 Å². The molecule has 4 aromatic rings. The van der Waals surface area contributed by atoms with E-state index in [4.69, 9.17) is 0 Å². The second kappa shape index (κ2) is 9.72. The van der Waals surface area contributed by atoms with E-state index in [9.17, 15) is 10.1 Å². The van der Waals surface area contributed by atoms with E-state index in [-0.39, 0.29) is 17.1 Å². The fourth-order valence-corrected chi connectivity index (χ4v) is 5.15. The van der Waals surface area contributed by atoms with Crippen molar-refractivity contribution in [1.29, 1.82) is 5.26 Å². The lowest BCUT2D eigenvalue weighted by molar-refractivity contribution is -0.112. The number of aromatic nitrogens is 3. The van der Waals surface area contributed by atoms with Crippen LogP contribution in [-0.4, -0.2) is 40.4 Å². The molecule has 1 aromatic heterocycles. The Morgan fingerprint density at radius 3 is 2.11 bits per heavy atom. The minimum atomic E-state index is -0.260. The highest BCUT2D eigenvalue weighted by molar-refractivity contribution is 7.99. The average molecular weight is 493 g/mol. The van der Waals surface area contributed by atoms with Crippen molar-refractivity contribution in [3.63, 3.8) is 0 Å². The summed E-state index contributed by atoms with van der Waals surface area (Å²) in [7, 11) is 3.74. The van der Waals surface area contributed by atoms with E-state index in [2.05, 4.69) is 16.3 Å². The number of carbonyl (C=O) groups excluding carboxylic acids is 1. The number of hydrogen-bond acceptors (Lipinski definition) is 7. The van der Waals surface area contributed by atoms with E-state index >= 15 is 0 Å². The Morgan fingerprint density at radius 1 is 0.889 bits per heavy atom. The number of para-hydroxylation sites is 2. The summed E-state index contributed by atoms with van der Waals surface area (Å²) in [6.45, 7) is 2.04. The first-order chi connectivity index (χ1) is 17.5. The number of allylic oxidation sites excluding steroid dienone is 1. The highest BCUT2D eigenvalue weighted by Crippen LogP contribution is 2.40. The van der Waals surface area contributed by atoms with Crippen LogP contribution in [0.2, 0.25) is 0 Å². The number of fused-ring (bicyclic) bond motifs is 1. The number of Topliss-reactive ketones (excluding diaryl/α,β-unsaturated/α-hetero) is 1. The van der Waals surface area contributed by atoms with Crippen LogP contribution >= 0.6 is 11.8 Å². The second-order valence-corrected chi connectivity index (χ2v) is 9.41. The number of ketones is 1. The maximum atomic E-state index is 13.3. The van der Waals surface area contributed by atoms with E-state index in [1.807, 2.05) is 114 Å². The number of hydrogen-bond donors (Lipinski definition) is 0.